The standard InChI is InChI=1S/C15H29N3O2.ClH/c1-10(2)13(16)14(20)17-9-12(19)18-11-5-7-15(3,4)8-6-11;/h10-11,13H,5-9,16H2,1-4H3,(H,17,20)(H,18,19);1H/t13-;/m0./s1. The van der Waals surface area contributed by atoms with Crippen LogP contribution in [0.2, 0.25) is 0 Å². The third-order valence-electron chi connectivity index (χ3n) is 4.15. The van der Waals surface area contributed by atoms with Gasteiger partial charge >= 0.3 is 0 Å². The van der Waals surface area contributed by atoms with Crippen molar-refractivity contribution in [2.24, 2.45) is 17.1 Å². The second-order valence-electron chi connectivity index (χ2n) is 6.99. The van der Waals surface area contributed by atoms with E-state index in [9.17, 15) is 9.59 Å². The topological polar surface area (TPSA) is 84.2 Å². The summed E-state index contributed by atoms with van der Waals surface area (Å²) in [6, 6.07) is -0.315. The van der Waals surface area contributed by atoms with E-state index >= 15 is 0 Å². The number of rotatable bonds is 5. The van der Waals surface area contributed by atoms with Gasteiger partial charge in [0, 0.05) is 6.04 Å². The lowest BCUT2D eigenvalue weighted by atomic mass is 9.75. The van der Waals surface area contributed by atoms with Gasteiger partial charge in [-0.25, -0.2) is 0 Å². The van der Waals surface area contributed by atoms with Gasteiger partial charge in [-0.3, -0.25) is 9.59 Å². The molecular formula is C15H30ClN3O2. The summed E-state index contributed by atoms with van der Waals surface area (Å²) in [4.78, 5) is 23.5. The van der Waals surface area contributed by atoms with Gasteiger partial charge in [-0.2, -0.15) is 0 Å². The van der Waals surface area contributed by atoms with Crippen molar-refractivity contribution >= 4 is 24.2 Å². The average Bonchev–Trinajstić information content (AvgIpc) is 2.37. The van der Waals surface area contributed by atoms with Crippen LogP contribution in [-0.2, 0) is 9.59 Å². The molecule has 1 rings (SSSR count). The minimum absolute atomic E-state index is 0. The Balaban J connectivity index is 0.00000400. The summed E-state index contributed by atoms with van der Waals surface area (Å²) < 4.78 is 0. The van der Waals surface area contributed by atoms with E-state index in [1.165, 1.54) is 0 Å². The van der Waals surface area contributed by atoms with E-state index in [1.54, 1.807) is 0 Å². The van der Waals surface area contributed by atoms with Crippen LogP contribution in [0.1, 0.15) is 53.4 Å². The number of halogens is 1. The van der Waals surface area contributed by atoms with E-state index in [1.807, 2.05) is 13.8 Å². The number of amides is 2. The molecule has 2 amide bonds. The van der Waals surface area contributed by atoms with Gasteiger partial charge in [0.15, 0.2) is 0 Å². The molecule has 0 heterocycles. The Bertz CT molecular complexity index is 349. The smallest absolute Gasteiger partial charge is 0.239 e. The normalized spacial score (nSPS) is 19.5. The number of hydrogen-bond acceptors (Lipinski definition) is 3. The third kappa shape index (κ3) is 7.14. The van der Waals surface area contributed by atoms with Crippen LogP contribution in [0.15, 0.2) is 0 Å². The van der Waals surface area contributed by atoms with Crippen molar-refractivity contribution in [3.8, 4) is 0 Å². The predicted octanol–water partition coefficient (Wildman–Crippen LogP) is 1.59. The Morgan fingerprint density at radius 1 is 1.24 bits per heavy atom. The molecule has 1 saturated carbocycles. The zero-order valence-electron chi connectivity index (χ0n) is 13.6. The molecule has 1 fully saturated rings. The van der Waals surface area contributed by atoms with E-state index < -0.39 is 6.04 Å². The lowest BCUT2D eigenvalue weighted by Gasteiger charge is -2.34. The van der Waals surface area contributed by atoms with E-state index in [0.717, 1.165) is 25.7 Å². The molecule has 0 aliphatic heterocycles. The highest BCUT2D eigenvalue weighted by Gasteiger charge is 2.27. The zero-order chi connectivity index (χ0) is 15.3. The quantitative estimate of drug-likeness (QED) is 0.719. The summed E-state index contributed by atoms with van der Waals surface area (Å²) in [5, 5.41) is 5.58. The van der Waals surface area contributed by atoms with E-state index in [-0.39, 0.29) is 42.7 Å². The molecule has 1 aliphatic rings. The van der Waals surface area contributed by atoms with Gasteiger partial charge in [0.25, 0.3) is 0 Å². The lowest BCUT2D eigenvalue weighted by Crippen LogP contribution is -2.49. The van der Waals surface area contributed by atoms with Gasteiger partial charge in [-0.05, 0) is 37.0 Å². The second kappa shape index (κ2) is 8.59. The first-order valence-corrected chi connectivity index (χ1v) is 7.54. The molecule has 0 bridgehead atoms. The van der Waals surface area contributed by atoms with Crippen molar-refractivity contribution in [1.29, 1.82) is 0 Å². The number of nitrogens with one attached hydrogen (secondary N) is 2. The molecule has 0 saturated heterocycles. The fourth-order valence-corrected chi connectivity index (χ4v) is 2.41. The van der Waals surface area contributed by atoms with E-state index in [2.05, 4.69) is 24.5 Å². The first kappa shape index (κ1) is 20.2. The Labute approximate surface area is 134 Å². The minimum Gasteiger partial charge on any atom is -0.352 e. The van der Waals surface area contributed by atoms with Crippen LogP contribution in [0.5, 0.6) is 0 Å². The second-order valence-corrected chi connectivity index (χ2v) is 6.99. The SMILES string of the molecule is CC(C)[C@H](N)C(=O)NCC(=O)NC1CCC(C)(C)CC1.Cl. The zero-order valence-corrected chi connectivity index (χ0v) is 14.4. The molecule has 4 N–H and O–H groups in total. The molecule has 21 heavy (non-hydrogen) atoms. The number of hydrogen-bond donors (Lipinski definition) is 3. The summed E-state index contributed by atoms with van der Waals surface area (Å²) in [7, 11) is 0. The third-order valence-corrected chi connectivity index (χ3v) is 4.15. The highest BCUT2D eigenvalue weighted by molar-refractivity contribution is 5.87. The number of nitrogens with two attached hydrogens (primary N) is 1. The van der Waals surface area contributed by atoms with Crippen LogP contribution in [-0.4, -0.2) is 30.4 Å². The van der Waals surface area contributed by atoms with Crippen molar-refractivity contribution in [3.63, 3.8) is 0 Å². The molecule has 124 valence electrons. The highest BCUT2D eigenvalue weighted by Crippen LogP contribution is 2.34. The van der Waals surface area contributed by atoms with E-state index in [4.69, 9.17) is 5.73 Å². The van der Waals surface area contributed by atoms with E-state index in [0.29, 0.717) is 5.41 Å². The van der Waals surface area contributed by atoms with Gasteiger partial charge in [0.1, 0.15) is 0 Å². The van der Waals surface area contributed by atoms with Crippen LogP contribution < -0.4 is 16.4 Å². The van der Waals surface area contributed by atoms with Crippen molar-refractivity contribution in [3.05, 3.63) is 0 Å². The monoisotopic (exact) mass is 319 g/mol. The number of carbonyl (C=O) groups is 2. The molecule has 0 aromatic rings. The van der Waals surface area contributed by atoms with Crippen molar-refractivity contribution in [1.82, 2.24) is 10.6 Å². The Morgan fingerprint density at radius 2 is 1.76 bits per heavy atom. The maximum atomic E-state index is 11.8. The summed E-state index contributed by atoms with van der Waals surface area (Å²) in [5.41, 5.74) is 6.10. The molecule has 1 aliphatic carbocycles. The molecule has 0 unspecified atom stereocenters. The van der Waals surface area contributed by atoms with Gasteiger partial charge in [0.2, 0.25) is 11.8 Å². The average molecular weight is 320 g/mol. The van der Waals surface area contributed by atoms with Gasteiger partial charge in [-0.1, -0.05) is 27.7 Å². The van der Waals surface area contributed by atoms with Gasteiger partial charge in [0.05, 0.1) is 12.6 Å². The van der Waals surface area contributed by atoms with Crippen LogP contribution in [0, 0.1) is 11.3 Å². The van der Waals surface area contributed by atoms with Crippen molar-refractivity contribution in [2.75, 3.05) is 6.54 Å². The molecular weight excluding hydrogens is 290 g/mol. The summed E-state index contributed by atoms with van der Waals surface area (Å²) in [6.07, 6.45) is 4.28. The van der Waals surface area contributed by atoms with Crippen LogP contribution in [0.3, 0.4) is 0 Å². The largest absolute Gasteiger partial charge is 0.352 e. The van der Waals surface area contributed by atoms with Gasteiger partial charge in [-0.15, -0.1) is 12.4 Å². The predicted molar refractivity (Wildman–Crippen MR) is 87.3 cm³/mol. The highest BCUT2D eigenvalue weighted by atomic mass is 35.5. The summed E-state index contributed by atoms with van der Waals surface area (Å²) in [5.74, 6) is -0.322. The molecule has 1 atom stereocenters. The van der Waals surface area contributed by atoms with Crippen LogP contribution in [0.25, 0.3) is 0 Å². The number of carbonyl (C=O) groups excluding carboxylic acids is 2. The Kier molecular flexibility index (Phi) is 8.26. The van der Waals surface area contributed by atoms with Crippen LogP contribution >= 0.6 is 12.4 Å². The first-order valence-electron chi connectivity index (χ1n) is 7.54. The summed E-state index contributed by atoms with van der Waals surface area (Å²) in [6.45, 7) is 8.30. The minimum atomic E-state index is -0.557. The molecule has 0 radical (unpaired) electrons. The van der Waals surface area contributed by atoms with Crippen LogP contribution in [0.4, 0.5) is 0 Å². The molecule has 0 spiro atoms. The Hall–Kier alpha value is -0.810. The maximum Gasteiger partial charge on any atom is 0.239 e. The van der Waals surface area contributed by atoms with Crippen molar-refractivity contribution in [2.45, 2.75) is 65.5 Å². The maximum absolute atomic E-state index is 11.8. The fourth-order valence-electron chi connectivity index (χ4n) is 2.41. The molecule has 0 aromatic carbocycles. The first-order chi connectivity index (χ1) is 9.21. The Morgan fingerprint density at radius 3 is 2.24 bits per heavy atom. The molecule has 6 heteroatoms. The molecule has 5 nitrogen and oxygen atoms in total. The fraction of sp³-hybridized carbons (Fsp3) is 0.867. The molecule has 0 aromatic heterocycles. The van der Waals surface area contributed by atoms with Crippen molar-refractivity contribution < 1.29 is 9.59 Å². The summed E-state index contributed by atoms with van der Waals surface area (Å²) >= 11 is 0. The lowest BCUT2D eigenvalue weighted by molar-refractivity contribution is -0.127. The van der Waals surface area contributed by atoms with Gasteiger partial charge < -0.3 is 16.4 Å².